The van der Waals surface area contributed by atoms with Gasteiger partial charge in [0.2, 0.25) is 0 Å². The van der Waals surface area contributed by atoms with Gasteiger partial charge in [0.15, 0.2) is 23.5 Å². The number of carbonyl (C=O) groups excluding carboxylic acids is 1. The van der Waals surface area contributed by atoms with E-state index in [2.05, 4.69) is 65.1 Å². The van der Waals surface area contributed by atoms with Gasteiger partial charge in [0.25, 0.3) is 0 Å². The van der Waals surface area contributed by atoms with Crippen LogP contribution in [-0.4, -0.2) is 80.7 Å². The van der Waals surface area contributed by atoms with Gasteiger partial charge in [-0.1, -0.05) is 46.8 Å². The van der Waals surface area contributed by atoms with Gasteiger partial charge in [-0.05, 0) is 42.9 Å². The Morgan fingerprint density at radius 1 is 1.12 bits per heavy atom. The maximum Gasteiger partial charge on any atom is 0.319 e. The topological polar surface area (TPSA) is 142 Å². The Bertz CT molecular complexity index is 1380. The number of aromatic nitrogens is 4. The number of carbonyl (C=O) groups is 1. The molecule has 12 heteroatoms. The van der Waals surface area contributed by atoms with E-state index in [1.807, 2.05) is 42.7 Å². The molecule has 4 N–H and O–H groups in total. The lowest BCUT2D eigenvalue weighted by molar-refractivity contribution is -0.198. The van der Waals surface area contributed by atoms with Crippen LogP contribution in [0.3, 0.4) is 0 Å². The van der Waals surface area contributed by atoms with Crippen LogP contribution in [-0.2, 0) is 19.6 Å². The van der Waals surface area contributed by atoms with Crippen LogP contribution >= 0.6 is 0 Å². The van der Waals surface area contributed by atoms with Crippen molar-refractivity contribution in [3.63, 3.8) is 0 Å². The van der Waals surface area contributed by atoms with Crippen molar-refractivity contribution in [3.8, 4) is 0 Å². The van der Waals surface area contributed by atoms with Crippen LogP contribution in [0.5, 0.6) is 0 Å². The Morgan fingerprint density at radius 3 is 2.52 bits per heavy atom. The zero-order valence-corrected chi connectivity index (χ0v) is 25.6. The number of fused-ring (bicyclic) bond motifs is 2. The summed E-state index contributed by atoms with van der Waals surface area (Å²) in [6, 6.07) is 7.73. The van der Waals surface area contributed by atoms with Gasteiger partial charge in [0, 0.05) is 31.9 Å². The number of ether oxygens (including phenoxy) is 3. The number of amides is 2. The number of benzene rings is 1. The number of anilines is 2. The number of hydrogen-bond donors (Lipinski definition) is 3. The SMILES string of the molecule is CC(C)CN(CCNC(=O)Nc1ccc(C(C)(C)C)cc1)C[C@H]1O[C@@H](n2cnc3c(N)ncnc32)[C@@H]2OC(C)(C)O[C@@H]21. The Balaban J connectivity index is 1.23. The molecule has 2 aromatic heterocycles. The molecule has 0 radical (unpaired) electrons. The summed E-state index contributed by atoms with van der Waals surface area (Å²) in [4.78, 5) is 27.8. The molecule has 12 nitrogen and oxygen atoms in total. The molecule has 5 rings (SSSR count). The molecule has 2 fully saturated rings. The van der Waals surface area contributed by atoms with Crippen LogP contribution in [0, 0.1) is 5.92 Å². The number of imidazole rings is 1. The molecule has 228 valence electrons. The van der Waals surface area contributed by atoms with Gasteiger partial charge in [-0.15, -0.1) is 0 Å². The molecule has 2 amide bonds. The van der Waals surface area contributed by atoms with Crippen LogP contribution in [0.15, 0.2) is 36.9 Å². The zero-order chi connectivity index (χ0) is 30.2. The maximum absolute atomic E-state index is 12.6. The standard InChI is InChI=1S/C30H44N8O4/c1-18(2)14-37(13-12-32-28(39)36-20-10-8-19(9-11-20)29(3,4)5)15-21-23-24(42-30(6,7)41-23)27(40-21)38-17-35-22-25(31)33-16-34-26(22)38/h8-11,16-18,21,23-24,27H,12-15H2,1-7H3,(H2,31,33,34)(H2,32,36,39)/t21-,23-,24-,27-/m1/s1. The van der Waals surface area contributed by atoms with Gasteiger partial charge in [0.05, 0.1) is 6.33 Å². The molecule has 0 aliphatic carbocycles. The lowest BCUT2D eigenvalue weighted by Crippen LogP contribution is -2.44. The average molecular weight is 581 g/mol. The first-order valence-corrected chi connectivity index (χ1v) is 14.6. The summed E-state index contributed by atoms with van der Waals surface area (Å²) in [5, 5.41) is 5.92. The van der Waals surface area contributed by atoms with Gasteiger partial charge in [-0.3, -0.25) is 9.47 Å². The second-order valence-electron chi connectivity index (χ2n) is 13.1. The summed E-state index contributed by atoms with van der Waals surface area (Å²) >= 11 is 0. The Hall–Kier alpha value is -3.32. The van der Waals surface area contributed by atoms with E-state index >= 15 is 0 Å². The molecule has 42 heavy (non-hydrogen) atoms. The normalized spacial score (nSPS) is 23.5. The Labute approximate surface area is 247 Å². The Morgan fingerprint density at radius 2 is 1.83 bits per heavy atom. The van der Waals surface area contributed by atoms with E-state index in [0.717, 1.165) is 12.2 Å². The number of nitrogen functional groups attached to an aromatic ring is 1. The first-order valence-electron chi connectivity index (χ1n) is 14.6. The van der Waals surface area contributed by atoms with Crippen molar-refractivity contribution in [1.29, 1.82) is 0 Å². The molecular weight excluding hydrogens is 536 g/mol. The monoisotopic (exact) mass is 580 g/mol. The van der Waals surface area contributed by atoms with Gasteiger partial charge in [0.1, 0.15) is 30.2 Å². The van der Waals surface area contributed by atoms with Crippen molar-refractivity contribution >= 4 is 28.7 Å². The molecule has 2 aliphatic heterocycles. The smallest absolute Gasteiger partial charge is 0.319 e. The van der Waals surface area contributed by atoms with E-state index in [0.29, 0.717) is 42.5 Å². The fraction of sp³-hybridized carbons (Fsp3) is 0.600. The molecule has 0 bridgehead atoms. The molecule has 0 spiro atoms. The fourth-order valence-electron chi connectivity index (χ4n) is 5.67. The van der Waals surface area contributed by atoms with Gasteiger partial charge < -0.3 is 30.6 Å². The highest BCUT2D eigenvalue weighted by Gasteiger charge is 2.56. The van der Waals surface area contributed by atoms with E-state index in [4.69, 9.17) is 19.9 Å². The third kappa shape index (κ3) is 6.67. The van der Waals surface area contributed by atoms with E-state index in [-0.39, 0.29) is 29.8 Å². The van der Waals surface area contributed by atoms with E-state index in [1.54, 1.807) is 6.33 Å². The summed E-state index contributed by atoms with van der Waals surface area (Å²) in [5.74, 6) is -0.0221. The summed E-state index contributed by atoms with van der Waals surface area (Å²) in [6.45, 7) is 17.3. The van der Waals surface area contributed by atoms with Crippen molar-refractivity contribution in [3.05, 3.63) is 42.5 Å². The van der Waals surface area contributed by atoms with Crippen molar-refractivity contribution in [2.24, 2.45) is 5.92 Å². The molecule has 4 heterocycles. The highest BCUT2D eigenvalue weighted by molar-refractivity contribution is 5.89. The number of nitrogens with zero attached hydrogens (tertiary/aromatic N) is 5. The number of rotatable bonds is 9. The first-order chi connectivity index (χ1) is 19.8. The number of hydrogen-bond acceptors (Lipinski definition) is 9. The number of nitrogens with two attached hydrogens (primary N) is 1. The Kier molecular flexibility index (Phi) is 8.44. The predicted octanol–water partition coefficient (Wildman–Crippen LogP) is 3.90. The summed E-state index contributed by atoms with van der Waals surface area (Å²) in [7, 11) is 0. The molecule has 0 unspecified atom stereocenters. The highest BCUT2D eigenvalue weighted by atomic mass is 16.8. The molecule has 4 atom stereocenters. The highest BCUT2D eigenvalue weighted by Crippen LogP contribution is 2.44. The summed E-state index contributed by atoms with van der Waals surface area (Å²) < 4.78 is 21.1. The van der Waals surface area contributed by atoms with Crippen molar-refractivity contribution in [1.82, 2.24) is 29.7 Å². The number of urea groups is 1. The maximum atomic E-state index is 12.6. The number of nitrogens with one attached hydrogen (secondary N) is 2. The summed E-state index contributed by atoms with van der Waals surface area (Å²) in [6.07, 6.45) is 1.68. The van der Waals surface area contributed by atoms with Crippen LogP contribution < -0.4 is 16.4 Å². The largest absolute Gasteiger partial charge is 0.382 e. The van der Waals surface area contributed by atoms with Gasteiger partial charge >= 0.3 is 6.03 Å². The van der Waals surface area contributed by atoms with Crippen molar-refractivity contribution in [2.75, 3.05) is 37.2 Å². The van der Waals surface area contributed by atoms with Crippen LogP contribution in [0.1, 0.15) is 60.3 Å². The third-order valence-electron chi connectivity index (χ3n) is 7.57. The third-order valence-corrected chi connectivity index (χ3v) is 7.57. The minimum absolute atomic E-state index is 0.0596. The molecule has 0 saturated carbocycles. The van der Waals surface area contributed by atoms with Crippen LogP contribution in [0.2, 0.25) is 0 Å². The lowest BCUT2D eigenvalue weighted by Gasteiger charge is -2.30. The summed E-state index contributed by atoms with van der Waals surface area (Å²) in [5.41, 5.74) is 9.17. The van der Waals surface area contributed by atoms with Crippen molar-refractivity contribution < 1.29 is 19.0 Å². The quantitative estimate of drug-likeness (QED) is 0.343. The molecular formula is C30H44N8O4. The van der Waals surface area contributed by atoms with Crippen LogP contribution in [0.4, 0.5) is 16.3 Å². The van der Waals surface area contributed by atoms with Crippen molar-refractivity contribution in [2.45, 2.75) is 84.2 Å². The molecule has 1 aromatic carbocycles. The second-order valence-corrected chi connectivity index (χ2v) is 13.1. The van der Waals surface area contributed by atoms with E-state index in [9.17, 15) is 4.79 Å². The lowest BCUT2D eigenvalue weighted by atomic mass is 9.87. The molecule has 2 aliphatic rings. The van der Waals surface area contributed by atoms with Gasteiger partial charge in [-0.25, -0.2) is 19.7 Å². The zero-order valence-electron chi connectivity index (χ0n) is 25.6. The van der Waals surface area contributed by atoms with E-state index in [1.165, 1.54) is 11.9 Å². The van der Waals surface area contributed by atoms with E-state index < -0.39 is 12.0 Å². The fourth-order valence-corrected chi connectivity index (χ4v) is 5.67. The minimum atomic E-state index is -0.756. The minimum Gasteiger partial charge on any atom is -0.382 e. The van der Waals surface area contributed by atoms with Crippen LogP contribution in [0.25, 0.3) is 11.2 Å². The molecule has 2 saturated heterocycles. The molecule has 3 aromatic rings. The average Bonchev–Trinajstić information content (AvgIpc) is 3.55. The first kappa shape index (κ1) is 30.1. The van der Waals surface area contributed by atoms with Gasteiger partial charge in [-0.2, -0.15) is 0 Å². The predicted molar refractivity (Wildman–Crippen MR) is 161 cm³/mol. The second kappa shape index (κ2) is 11.8.